The topological polar surface area (TPSA) is 34.9 Å². The number of aromatic nitrogens is 2. The van der Waals surface area contributed by atoms with E-state index < -0.39 is 0 Å². The fourth-order valence-electron chi connectivity index (χ4n) is 3.14. The molecule has 0 unspecified atom stereocenters. The molecule has 1 aliphatic carbocycles. The highest BCUT2D eigenvalue weighted by molar-refractivity contribution is 5.85. The highest BCUT2D eigenvalue weighted by atomic mass is 16.1. The second-order valence-corrected chi connectivity index (χ2v) is 6.04. The molecule has 0 radical (unpaired) electrons. The fraction of sp³-hybridized carbons (Fsp3) is 0.444. The summed E-state index contributed by atoms with van der Waals surface area (Å²) in [4.78, 5) is 11.4. The van der Waals surface area contributed by atoms with Gasteiger partial charge in [0.2, 0.25) is 0 Å². The average Bonchev–Trinajstić information content (AvgIpc) is 2.75. The predicted molar refractivity (Wildman–Crippen MR) is 84.5 cm³/mol. The molecule has 0 saturated heterocycles. The minimum atomic E-state index is 0.449. The molecule has 110 valence electrons. The summed E-state index contributed by atoms with van der Waals surface area (Å²) < 4.78 is 2.03. The van der Waals surface area contributed by atoms with Crippen molar-refractivity contribution in [2.75, 3.05) is 0 Å². The molecule has 3 heteroatoms. The van der Waals surface area contributed by atoms with E-state index in [4.69, 9.17) is 5.10 Å². The summed E-state index contributed by atoms with van der Waals surface area (Å²) in [6.45, 7) is 2.06. The van der Waals surface area contributed by atoms with Crippen LogP contribution in [0.1, 0.15) is 60.5 Å². The molecule has 1 aromatic heterocycles. The summed E-state index contributed by atoms with van der Waals surface area (Å²) in [7, 11) is 0. The second-order valence-electron chi connectivity index (χ2n) is 6.04. The molecular weight excluding hydrogens is 260 g/mol. The van der Waals surface area contributed by atoms with Crippen LogP contribution in [0.25, 0.3) is 11.3 Å². The van der Waals surface area contributed by atoms with Gasteiger partial charge in [-0.1, -0.05) is 55.5 Å². The standard InChI is InChI=1S/C18H22N2O/c1-14-8-10-15(11-9-14)18-16(13-21)12-20(19-18)17-6-4-2-3-5-7-17/h8-13,17H,2-7H2,1H3. The van der Waals surface area contributed by atoms with E-state index >= 15 is 0 Å². The Morgan fingerprint density at radius 2 is 1.76 bits per heavy atom. The molecule has 1 fully saturated rings. The van der Waals surface area contributed by atoms with Crippen LogP contribution in [-0.4, -0.2) is 16.1 Å². The van der Waals surface area contributed by atoms with Gasteiger partial charge in [-0.2, -0.15) is 5.10 Å². The lowest BCUT2D eigenvalue weighted by Crippen LogP contribution is -2.08. The molecule has 1 saturated carbocycles. The van der Waals surface area contributed by atoms with E-state index in [0.717, 1.165) is 17.5 Å². The minimum Gasteiger partial charge on any atom is -0.298 e. The van der Waals surface area contributed by atoms with Gasteiger partial charge in [0.15, 0.2) is 6.29 Å². The molecule has 1 heterocycles. The van der Waals surface area contributed by atoms with E-state index in [2.05, 4.69) is 19.1 Å². The van der Waals surface area contributed by atoms with Crippen LogP contribution in [0.15, 0.2) is 30.5 Å². The third kappa shape index (κ3) is 3.07. The first kappa shape index (κ1) is 14.1. The van der Waals surface area contributed by atoms with Crippen molar-refractivity contribution in [1.82, 2.24) is 9.78 Å². The Hall–Kier alpha value is -1.90. The van der Waals surface area contributed by atoms with Gasteiger partial charge < -0.3 is 0 Å². The van der Waals surface area contributed by atoms with Crippen molar-refractivity contribution in [2.24, 2.45) is 0 Å². The van der Waals surface area contributed by atoms with Gasteiger partial charge in [0.25, 0.3) is 0 Å². The van der Waals surface area contributed by atoms with E-state index in [9.17, 15) is 4.79 Å². The van der Waals surface area contributed by atoms with Gasteiger partial charge in [0, 0.05) is 11.8 Å². The molecule has 0 amide bonds. The maximum Gasteiger partial charge on any atom is 0.153 e. The number of hydrogen-bond donors (Lipinski definition) is 0. The molecule has 3 rings (SSSR count). The minimum absolute atomic E-state index is 0.449. The fourth-order valence-corrected chi connectivity index (χ4v) is 3.14. The van der Waals surface area contributed by atoms with Crippen molar-refractivity contribution >= 4 is 6.29 Å². The van der Waals surface area contributed by atoms with Gasteiger partial charge in [-0.15, -0.1) is 0 Å². The monoisotopic (exact) mass is 282 g/mol. The number of nitrogens with zero attached hydrogens (tertiary/aromatic N) is 2. The summed E-state index contributed by atoms with van der Waals surface area (Å²) in [6, 6.07) is 8.67. The second kappa shape index (κ2) is 6.25. The van der Waals surface area contributed by atoms with Gasteiger partial charge in [-0.05, 0) is 19.8 Å². The van der Waals surface area contributed by atoms with E-state index in [1.807, 2.05) is 23.0 Å². The number of carbonyl (C=O) groups excluding carboxylic acids is 1. The number of aldehydes is 1. The van der Waals surface area contributed by atoms with Crippen LogP contribution >= 0.6 is 0 Å². The van der Waals surface area contributed by atoms with Crippen LogP contribution in [-0.2, 0) is 0 Å². The zero-order valence-corrected chi connectivity index (χ0v) is 12.6. The van der Waals surface area contributed by atoms with Crippen LogP contribution in [0.5, 0.6) is 0 Å². The lowest BCUT2D eigenvalue weighted by Gasteiger charge is -2.14. The van der Waals surface area contributed by atoms with Crippen molar-refractivity contribution < 1.29 is 4.79 Å². The number of carbonyl (C=O) groups is 1. The SMILES string of the molecule is Cc1ccc(-c2nn(C3CCCCCC3)cc2C=O)cc1. The molecule has 3 nitrogen and oxygen atoms in total. The Morgan fingerprint density at radius 1 is 1.10 bits per heavy atom. The molecule has 0 N–H and O–H groups in total. The number of hydrogen-bond acceptors (Lipinski definition) is 2. The number of aryl methyl sites for hydroxylation is 1. The Morgan fingerprint density at radius 3 is 2.38 bits per heavy atom. The summed E-state index contributed by atoms with van der Waals surface area (Å²) in [6.07, 6.45) is 10.4. The first-order valence-electron chi connectivity index (χ1n) is 7.89. The molecule has 0 aliphatic heterocycles. The van der Waals surface area contributed by atoms with Crippen LogP contribution in [0, 0.1) is 6.92 Å². The van der Waals surface area contributed by atoms with Gasteiger partial charge >= 0.3 is 0 Å². The van der Waals surface area contributed by atoms with Crippen molar-refractivity contribution in [2.45, 2.75) is 51.5 Å². The summed E-state index contributed by atoms with van der Waals surface area (Å²) in [5.74, 6) is 0. The van der Waals surface area contributed by atoms with Gasteiger partial charge in [0.1, 0.15) is 5.69 Å². The Labute approximate surface area is 126 Å². The highest BCUT2D eigenvalue weighted by Gasteiger charge is 2.18. The number of benzene rings is 1. The van der Waals surface area contributed by atoms with Crippen molar-refractivity contribution in [3.05, 3.63) is 41.6 Å². The molecule has 0 atom stereocenters. The lowest BCUT2D eigenvalue weighted by molar-refractivity contribution is 0.112. The summed E-state index contributed by atoms with van der Waals surface area (Å²) >= 11 is 0. The van der Waals surface area contributed by atoms with Crippen LogP contribution in [0.2, 0.25) is 0 Å². The largest absolute Gasteiger partial charge is 0.298 e. The first-order valence-corrected chi connectivity index (χ1v) is 7.89. The summed E-state index contributed by atoms with van der Waals surface area (Å²) in [5, 5.41) is 4.73. The first-order chi connectivity index (χ1) is 10.3. The van der Waals surface area contributed by atoms with Gasteiger partial charge in [-0.3, -0.25) is 9.48 Å². The van der Waals surface area contributed by atoms with Crippen LogP contribution in [0.4, 0.5) is 0 Å². The van der Waals surface area contributed by atoms with Gasteiger partial charge in [0.05, 0.1) is 11.6 Å². The molecule has 1 aliphatic rings. The Kier molecular flexibility index (Phi) is 4.18. The van der Waals surface area contributed by atoms with E-state index in [0.29, 0.717) is 11.6 Å². The number of rotatable bonds is 3. The van der Waals surface area contributed by atoms with Crippen molar-refractivity contribution in [3.63, 3.8) is 0 Å². The highest BCUT2D eigenvalue weighted by Crippen LogP contribution is 2.29. The maximum absolute atomic E-state index is 11.4. The van der Waals surface area contributed by atoms with Gasteiger partial charge in [-0.25, -0.2) is 0 Å². The zero-order chi connectivity index (χ0) is 14.7. The Bertz CT molecular complexity index is 605. The Balaban J connectivity index is 1.93. The quantitative estimate of drug-likeness (QED) is 0.610. The van der Waals surface area contributed by atoms with E-state index in [1.54, 1.807) is 0 Å². The molecular formula is C18H22N2O. The van der Waals surface area contributed by atoms with Crippen LogP contribution < -0.4 is 0 Å². The van der Waals surface area contributed by atoms with Crippen molar-refractivity contribution in [1.29, 1.82) is 0 Å². The maximum atomic E-state index is 11.4. The zero-order valence-electron chi connectivity index (χ0n) is 12.6. The lowest BCUT2D eigenvalue weighted by atomic mass is 10.1. The third-order valence-electron chi connectivity index (χ3n) is 4.41. The van der Waals surface area contributed by atoms with E-state index in [-0.39, 0.29) is 0 Å². The molecule has 0 spiro atoms. The predicted octanol–water partition coefficient (Wildman–Crippen LogP) is 4.57. The summed E-state index contributed by atoms with van der Waals surface area (Å²) in [5.41, 5.74) is 3.75. The normalized spacial score (nSPS) is 16.6. The molecule has 2 aromatic rings. The molecule has 21 heavy (non-hydrogen) atoms. The average molecular weight is 282 g/mol. The van der Waals surface area contributed by atoms with Crippen LogP contribution in [0.3, 0.4) is 0 Å². The van der Waals surface area contributed by atoms with Crippen molar-refractivity contribution in [3.8, 4) is 11.3 Å². The smallest absolute Gasteiger partial charge is 0.153 e. The third-order valence-corrected chi connectivity index (χ3v) is 4.41. The van der Waals surface area contributed by atoms with E-state index in [1.165, 1.54) is 44.1 Å². The molecule has 0 bridgehead atoms. The molecule has 1 aromatic carbocycles.